The fourth-order valence-electron chi connectivity index (χ4n) is 3.09. The summed E-state index contributed by atoms with van der Waals surface area (Å²) in [5, 5.41) is 2.81. The van der Waals surface area contributed by atoms with Gasteiger partial charge in [-0.2, -0.15) is 0 Å². The number of hydrogen-bond donors (Lipinski definition) is 3. The largest absolute Gasteiger partial charge is 0.477 e. The lowest BCUT2D eigenvalue weighted by atomic mass is 9.91. The molecule has 0 bridgehead atoms. The molecule has 30 heavy (non-hydrogen) atoms. The second kappa shape index (κ2) is 7.82. The van der Waals surface area contributed by atoms with Crippen molar-refractivity contribution in [2.24, 2.45) is 5.92 Å². The molecule has 1 fully saturated rings. The number of nitrogens with one attached hydrogen (secondary N) is 3. The highest BCUT2D eigenvalue weighted by Gasteiger charge is 2.23. The quantitative estimate of drug-likeness (QED) is 0.539. The molecule has 7 nitrogen and oxygen atoms in total. The van der Waals surface area contributed by atoms with Crippen molar-refractivity contribution in [2.45, 2.75) is 39.0 Å². The minimum absolute atomic E-state index is 0.0938. The van der Waals surface area contributed by atoms with Crippen LogP contribution >= 0.6 is 0 Å². The van der Waals surface area contributed by atoms with Crippen molar-refractivity contribution in [3.8, 4) is 5.88 Å². The molecule has 0 spiro atoms. The van der Waals surface area contributed by atoms with Crippen molar-refractivity contribution >= 4 is 28.7 Å². The fourth-order valence-corrected chi connectivity index (χ4v) is 3.09. The van der Waals surface area contributed by atoms with Gasteiger partial charge in [-0.1, -0.05) is 26.8 Å². The van der Waals surface area contributed by atoms with Crippen molar-refractivity contribution in [1.29, 1.82) is 0 Å². The zero-order valence-corrected chi connectivity index (χ0v) is 17.4. The Labute approximate surface area is 174 Å². The number of para-hydroxylation sites is 1. The van der Waals surface area contributed by atoms with Crippen LogP contribution in [0.25, 0.3) is 17.1 Å². The predicted octanol–water partition coefficient (Wildman–Crippen LogP) is 3.99. The highest BCUT2D eigenvalue weighted by molar-refractivity contribution is 6.06. The van der Waals surface area contributed by atoms with Crippen LogP contribution in [-0.4, -0.2) is 27.5 Å². The van der Waals surface area contributed by atoms with Gasteiger partial charge in [0.15, 0.2) is 0 Å². The Kier molecular flexibility index (Phi) is 5.20. The molecular formula is C23H26N4O3. The van der Waals surface area contributed by atoms with Crippen LogP contribution in [0.15, 0.2) is 41.2 Å². The van der Waals surface area contributed by atoms with Crippen molar-refractivity contribution < 1.29 is 9.53 Å². The Balaban J connectivity index is 1.54. The lowest BCUT2D eigenvalue weighted by Crippen LogP contribution is -2.15. The van der Waals surface area contributed by atoms with Crippen LogP contribution in [0.5, 0.6) is 5.88 Å². The summed E-state index contributed by atoms with van der Waals surface area (Å²) in [4.78, 5) is 34.1. The first-order valence-corrected chi connectivity index (χ1v) is 10.1. The number of amides is 1. The van der Waals surface area contributed by atoms with Gasteiger partial charge in [-0.25, -0.2) is 9.78 Å². The van der Waals surface area contributed by atoms with E-state index >= 15 is 0 Å². The molecule has 0 unspecified atom stereocenters. The van der Waals surface area contributed by atoms with Gasteiger partial charge >= 0.3 is 5.69 Å². The maximum atomic E-state index is 12.5. The van der Waals surface area contributed by atoms with Crippen LogP contribution in [0.3, 0.4) is 0 Å². The molecular weight excluding hydrogens is 380 g/mol. The van der Waals surface area contributed by atoms with E-state index < -0.39 is 0 Å². The molecule has 2 aromatic heterocycles. The third-order valence-electron chi connectivity index (χ3n) is 5.03. The number of aromatic nitrogens is 3. The van der Waals surface area contributed by atoms with Gasteiger partial charge in [0.1, 0.15) is 0 Å². The molecule has 0 aliphatic heterocycles. The van der Waals surface area contributed by atoms with Crippen LogP contribution in [0.2, 0.25) is 0 Å². The number of benzene rings is 1. The number of ether oxygens (including phenoxy) is 1. The van der Waals surface area contributed by atoms with E-state index in [1.54, 1.807) is 24.3 Å². The van der Waals surface area contributed by atoms with Gasteiger partial charge in [-0.15, -0.1) is 0 Å². The zero-order chi connectivity index (χ0) is 21.3. The van der Waals surface area contributed by atoms with Gasteiger partial charge in [0.2, 0.25) is 11.8 Å². The second-order valence-electron chi connectivity index (χ2n) is 8.73. The van der Waals surface area contributed by atoms with Gasteiger partial charge < -0.3 is 20.0 Å². The van der Waals surface area contributed by atoms with E-state index in [9.17, 15) is 9.59 Å². The molecule has 1 amide bonds. The molecule has 1 aromatic carbocycles. The zero-order valence-electron chi connectivity index (χ0n) is 17.4. The molecule has 156 valence electrons. The fraction of sp³-hybridized carbons (Fsp3) is 0.348. The predicted molar refractivity (Wildman–Crippen MR) is 118 cm³/mol. The summed E-state index contributed by atoms with van der Waals surface area (Å²) in [5.41, 5.74) is 3.03. The number of rotatable bonds is 6. The Morgan fingerprint density at radius 1 is 1.23 bits per heavy atom. The number of carbonyl (C=O) groups is 1. The first-order chi connectivity index (χ1) is 14.3. The monoisotopic (exact) mass is 406 g/mol. The van der Waals surface area contributed by atoms with Gasteiger partial charge in [0, 0.05) is 22.7 Å². The van der Waals surface area contributed by atoms with Crippen LogP contribution in [0.4, 0.5) is 5.69 Å². The number of anilines is 1. The molecule has 3 aromatic rings. The van der Waals surface area contributed by atoms with Crippen LogP contribution in [0.1, 0.15) is 44.9 Å². The van der Waals surface area contributed by atoms with Gasteiger partial charge in [-0.3, -0.25) is 4.79 Å². The molecule has 7 heteroatoms. The maximum Gasteiger partial charge on any atom is 0.323 e. The molecule has 0 radical (unpaired) electrons. The van der Waals surface area contributed by atoms with Crippen LogP contribution in [-0.2, 0) is 10.2 Å². The summed E-state index contributed by atoms with van der Waals surface area (Å²) >= 11 is 0. The highest BCUT2D eigenvalue weighted by atomic mass is 16.5. The average Bonchev–Trinajstić information content (AvgIpc) is 3.43. The van der Waals surface area contributed by atoms with Crippen molar-refractivity contribution in [3.05, 3.63) is 58.1 Å². The molecule has 3 N–H and O–H groups in total. The van der Waals surface area contributed by atoms with E-state index in [-0.39, 0.29) is 17.0 Å². The summed E-state index contributed by atoms with van der Waals surface area (Å²) < 4.78 is 5.97. The first kappa shape index (κ1) is 19.9. The molecule has 1 saturated carbocycles. The van der Waals surface area contributed by atoms with Crippen molar-refractivity contribution in [1.82, 2.24) is 15.0 Å². The minimum Gasteiger partial charge on any atom is -0.477 e. The molecule has 1 aliphatic rings. The number of imidazole rings is 1. The lowest BCUT2D eigenvalue weighted by molar-refractivity contribution is -0.111. The van der Waals surface area contributed by atoms with Crippen molar-refractivity contribution in [3.63, 3.8) is 0 Å². The average molecular weight is 406 g/mol. The number of H-pyrrole nitrogens is 2. The molecule has 2 heterocycles. The van der Waals surface area contributed by atoms with Gasteiger partial charge in [0.25, 0.3) is 0 Å². The van der Waals surface area contributed by atoms with Crippen LogP contribution in [0, 0.1) is 5.92 Å². The number of carbonyl (C=O) groups excluding carboxylic acids is 1. The van der Waals surface area contributed by atoms with Gasteiger partial charge in [-0.05, 0) is 49.1 Å². The summed E-state index contributed by atoms with van der Waals surface area (Å²) in [5.74, 6) is 0.849. The smallest absolute Gasteiger partial charge is 0.323 e. The molecule has 4 rings (SSSR count). The Morgan fingerprint density at radius 3 is 2.77 bits per heavy atom. The number of fused-ring (bicyclic) bond motifs is 1. The summed E-state index contributed by atoms with van der Waals surface area (Å²) in [6.07, 6.45) is 5.54. The number of pyridine rings is 1. The summed E-state index contributed by atoms with van der Waals surface area (Å²) in [6.45, 7) is 6.97. The Morgan fingerprint density at radius 2 is 2.03 bits per heavy atom. The standard InChI is InChI=1S/C23H26N4O3/c1-23(2,3)18-11-9-15(21(26-18)30-13-14-7-8-14)10-12-19(28)24-16-5-4-6-17-20(16)27-22(29)25-17/h4-6,9-12,14H,7-8,13H2,1-3H3,(H,24,28)(H2,25,27,29)/b12-10+. The lowest BCUT2D eigenvalue weighted by Gasteiger charge is -2.19. The third kappa shape index (κ3) is 4.62. The summed E-state index contributed by atoms with van der Waals surface area (Å²) in [7, 11) is 0. The topological polar surface area (TPSA) is 99.9 Å². The van der Waals surface area contributed by atoms with E-state index in [1.165, 1.54) is 18.9 Å². The van der Waals surface area contributed by atoms with E-state index in [4.69, 9.17) is 9.72 Å². The Bertz CT molecular complexity index is 1160. The SMILES string of the molecule is CC(C)(C)c1ccc(/C=C/C(=O)Nc2cccc3[nH]c(=O)[nH]c23)c(OCC2CC2)n1. The maximum absolute atomic E-state index is 12.5. The van der Waals surface area contributed by atoms with E-state index in [0.29, 0.717) is 35.1 Å². The summed E-state index contributed by atoms with van der Waals surface area (Å²) in [6, 6.07) is 9.17. The Hall–Kier alpha value is -3.35. The van der Waals surface area contributed by atoms with E-state index in [2.05, 4.69) is 36.1 Å². The van der Waals surface area contributed by atoms with Crippen LogP contribution < -0.4 is 15.7 Å². The van der Waals surface area contributed by atoms with Gasteiger partial charge in [0.05, 0.1) is 23.3 Å². The molecule has 0 atom stereocenters. The van der Waals surface area contributed by atoms with Crippen molar-refractivity contribution in [2.75, 3.05) is 11.9 Å². The number of aromatic amines is 2. The normalized spacial score (nSPS) is 14.4. The van der Waals surface area contributed by atoms with E-state index in [1.807, 2.05) is 12.1 Å². The third-order valence-corrected chi connectivity index (χ3v) is 5.03. The molecule has 0 saturated heterocycles. The highest BCUT2D eigenvalue weighted by Crippen LogP contribution is 2.31. The number of nitrogens with zero attached hydrogens (tertiary/aromatic N) is 1. The second-order valence-corrected chi connectivity index (χ2v) is 8.73. The first-order valence-electron chi connectivity index (χ1n) is 10.1. The van der Waals surface area contributed by atoms with E-state index in [0.717, 1.165) is 11.3 Å². The minimum atomic E-state index is -0.315. The number of hydrogen-bond acceptors (Lipinski definition) is 4. The molecule has 1 aliphatic carbocycles.